The third-order valence-electron chi connectivity index (χ3n) is 3.04. The number of nitrogens with zero attached hydrogens (tertiary/aromatic N) is 2. The average Bonchev–Trinajstić information content (AvgIpc) is 2.27. The predicted octanol–water partition coefficient (Wildman–Crippen LogP) is 0.673. The van der Waals surface area contributed by atoms with Crippen molar-refractivity contribution in [2.45, 2.75) is 24.3 Å². The van der Waals surface area contributed by atoms with Crippen molar-refractivity contribution in [1.82, 2.24) is 10.3 Å². The highest BCUT2D eigenvalue weighted by Crippen LogP contribution is 2.19. The Hall–Kier alpha value is -1.14. The largest absolute Gasteiger partial charge is 0.354 e. The number of pyridine rings is 1. The molecule has 0 aliphatic carbocycles. The lowest BCUT2D eigenvalue weighted by atomic mass is 10.0. The summed E-state index contributed by atoms with van der Waals surface area (Å²) in [6.45, 7) is 6.93. The third-order valence-corrected chi connectivity index (χ3v) is 4.14. The van der Waals surface area contributed by atoms with E-state index in [1.54, 1.807) is 12.1 Å². The minimum absolute atomic E-state index is 0.0510. The Bertz CT molecular complexity index is 523. The van der Waals surface area contributed by atoms with Gasteiger partial charge in [-0.3, -0.25) is 0 Å². The fourth-order valence-electron chi connectivity index (χ4n) is 2.12. The Balaban J connectivity index is 2.20. The molecule has 0 saturated carbocycles. The second-order valence-electron chi connectivity index (χ2n) is 5.36. The summed E-state index contributed by atoms with van der Waals surface area (Å²) in [7, 11) is -3.17. The lowest BCUT2D eigenvalue weighted by molar-refractivity contribution is 0.351. The number of piperazine rings is 1. The molecular weight excluding hydrogens is 250 g/mol. The van der Waals surface area contributed by atoms with Gasteiger partial charge in [-0.2, -0.15) is 0 Å². The summed E-state index contributed by atoms with van der Waals surface area (Å²) in [4.78, 5) is 6.69. The lowest BCUT2D eigenvalue weighted by Gasteiger charge is -2.39. The molecule has 6 heteroatoms. The van der Waals surface area contributed by atoms with Crippen LogP contribution in [-0.4, -0.2) is 44.8 Å². The number of anilines is 1. The van der Waals surface area contributed by atoms with E-state index in [2.05, 4.69) is 29.0 Å². The minimum Gasteiger partial charge on any atom is -0.354 e. The second kappa shape index (κ2) is 4.51. The first kappa shape index (κ1) is 13.3. The number of nitrogens with one attached hydrogen (secondary N) is 1. The van der Waals surface area contributed by atoms with Crippen LogP contribution in [0.1, 0.15) is 13.8 Å². The van der Waals surface area contributed by atoms with Gasteiger partial charge in [0.1, 0.15) is 5.82 Å². The summed E-state index contributed by atoms with van der Waals surface area (Å²) in [5.41, 5.74) is 0.0510. The van der Waals surface area contributed by atoms with Gasteiger partial charge in [0.05, 0.1) is 4.90 Å². The molecular formula is C12H19N3O2S. The summed E-state index contributed by atoms with van der Waals surface area (Å²) in [6, 6.07) is 3.39. The first-order valence-corrected chi connectivity index (χ1v) is 7.83. The smallest absolute Gasteiger partial charge is 0.177 e. The van der Waals surface area contributed by atoms with Gasteiger partial charge in [-0.1, -0.05) is 0 Å². The molecule has 0 atom stereocenters. The molecule has 1 N–H and O–H groups in total. The number of hydrogen-bond donors (Lipinski definition) is 1. The summed E-state index contributed by atoms with van der Waals surface area (Å²) < 4.78 is 22.7. The van der Waals surface area contributed by atoms with Crippen LogP contribution in [0.5, 0.6) is 0 Å². The maximum absolute atomic E-state index is 11.4. The first-order chi connectivity index (χ1) is 8.28. The van der Waals surface area contributed by atoms with E-state index < -0.39 is 9.84 Å². The average molecular weight is 269 g/mol. The van der Waals surface area contributed by atoms with Crippen LogP contribution in [0.2, 0.25) is 0 Å². The van der Waals surface area contributed by atoms with Crippen molar-refractivity contribution in [2.75, 3.05) is 30.8 Å². The molecule has 1 aromatic heterocycles. The van der Waals surface area contributed by atoms with Crippen LogP contribution in [0.15, 0.2) is 23.2 Å². The maximum atomic E-state index is 11.4. The monoisotopic (exact) mass is 269 g/mol. The van der Waals surface area contributed by atoms with Crippen molar-refractivity contribution in [3.05, 3.63) is 18.3 Å². The Morgan fingerprint density at radius 2 is 2.11 bits per heavy atom. The van der Waals surface area contributed by atoms with Crippen molar-refractivity contribution in [1.29, 1.82) is 0 Å². The van der Waals surface area contributed by atoms with Gasteiger partial charge in [-0.25, -0.2) is 13.4 Å². The van der Waals surface area contributed by atoms with Gasteiger partial charge in [0.15, 0.2) is 9.84 Å². The Kier molecular flexibility index (Phi) is 3.33. The molecule has 100 valence electrons. The van der Waals surface area contributed by atoms with Gasteiger partial charge in [0.2, 0.25) is 0 Å². The maximum Gasteiger partial charge on any atom is 0.177 e. The number of sulfone groups is 1. The third kappa shape index (κ3) is 3.00. The molecule has 1 aliphatic rings. The highest BCUT2D eigenvalue weighted by Gasteiger charge is 2.26. The Morgan fingerprint density at radius 1 is 1.39 bits per heavy atom. The van der Waals surface area contributed by atoms with E-state index in [0.29, 0.717) is 0 Å². The quantitative estimate of drug-likeness (QED) is 0.855. The molecule has 5 nitrogen and oxygen atoms in total. The molecule has 0 amide bonds. The highest BCUT2D eigenvalue weighted by atomic mass is 32.2. The van der Waals surface area contributed by atoms with E-state index >= 15 is 0 Å². The predicted molar refractivity (Wildman–Crippen MR) is 71.6 cm³/mol. The number of rotatable bonds is 2. The van der Waals surface area contributed by atoms with Gasteiger partial charge >= 0.3 is 0 Å². The number of aromatic nitrogens is 1. The molecule has 1 fully saturated rings. The van der Waals surface area contributed by atoms with Crippen molar-refractivity contribution in [2.24, 2.45) is 0 Å². The van der Waals surface area contributed by atoms with E-state index in [9.17, 15) is 8.42 Å². The van der Waals surface area contributed by atoms with Gasteiger partial charge < -0.3 is 10.2 Å². The van der Waals surface area contributed by atoms with Crippen molar-refractivity contribution in [3.63, 3.8) is 0 Å². The fourth-order valence-corrected chi connectivity index (χ4v) is 2.68. The normalized spacial score (nSPS) is 19.8. The standard InChI is InChI=1S/C12H19N3O2S/c1-12(2)9-15(7-6-14-12)11-5-4-10(8-13-11)18(3,16)17/h4-5,8,14H,6-7,9H2,1-3H3. The van der Waals surface area contributed by atoms with Crippen LogP contribution >= 0.6 is 0 Å². The van der Waals surface area contributed by atoms with E-state index in [1.165, 1.54) is 12.5 Å². The second-order valence-corrected chi connectivity index (χ2v) is 7.37. The molecule has 1 aliphatic heterocycles. The van der Waals surface area contributed by atoms with Crippen LogP contribution < -0.4 is 10.2 Å². The topological polar surface area (TPSA) is 62.3 Å². The fraction of sp³-hybridized carbons (Fsp3) is 0.583. The number of hydrogen-bond acceptors (Lipinski definition) is 5. The van der Waals surface area contributed by atoms with Gasteiger partial charge in [0, 0.05) is 37.6 Å². The molecule has 0 unspecified atom stereocenters. The van der Waals surface area contributed by atoms with Crippen molar-refractivity contribution >= 4 is 15.7 Å². The zero-order valence-corrected chi connectivity index (χ0v) is 11.8. The van der Waals surface area contributed by atoms with Crippen LogP contribution in [0.4, 0.5) is 5.82 Å². The zero-order chi connectivity index (χ0) is 13.4. The summed E-state index contributed by atoms with van der Waals surface area (Å²) in [5.74, 6) is 0.831. The van der Waals surface area contributed by atoms with E-state index in [1.807, 2.05) is 0 Å². The van der Waals surface area contributed by atoms with Crippen LogP contribution in [-0.2, 0) is 9.84 Å². The molecule has 0 aromatic carbocycles. The lowest BCUT2D eigenvalue weighted by Crippen LogP contribution is -2.57. The minimum atomic E-state index is -3.17. The van der Waals surface area contributed by atoms with Crippen molar-refractivity contribution in [3.8, 4) is 0 Å². The molecule has 18 heavy (non-hydrogen) atoms. The summed E-state index contributed by atoms with van der Waals surface area (Å²) in [6.07, 6.45) is 2.62. The van der Waals surface area contributed by atoms with Crippen molar-refractivity contribution < 1.29 is 8.42 Å². The zero-order valence-electron chi connectivity index (χ0n) is 11.0. The summed E-state index contributed by atoms with van der Waals surface area (Å²) in [5, 5.41) is 3.43. The van der Waals surface area contributed by atoms with E-state index in [0.717, 1.165) is 25.5 Å². The van der Waals surface area contributed by atoms with Gasteiger partial charge in [-0.15, -0.1) is 0 Å². The SMILES string of the molecule is CC1(C)CN(c2ccc(S(C)(=O)=O)cn2)CCN1. The molecule has 2 rings (SSSR count). The van der Waals surface area contributed by atoms with E-state index in [4.69, 9.17) is 0 Å². The van der Waals surface area contributed by atoms with Crippen LogP contribution in [0, 0.1) is 0 Å². The van der Waals surface area contributed by atoms with Gasteiger partial charge in [0.25, 0.3) is 0 Å². The molecule has 0 radical (unpaired) electrons. The molecule has 2 heterocycles. The first-order valence-electron chi connectivity index (χ1n) is 5.94. The Morgan fingerprint density at radius 3 is 2.61 bits per heavy atom. The molecule has 1 aromatic rings. The summed E-state index contributed by atoms with van der Waals surface area (Å²) >= 11 is 0. The molecule has 0 spiro atoms. The molecule has 1 saturated heterocycles. The van der Waals surface area contributed by atoms with Gasteiger partial charge in [-0.05, 0) is 26.0 Å². The highest BCUT2D eigenvalue weighted by molar-refractivity contribution is 7.90. The van der Waals surface area contributed by atoms with Crippen LogP contribution in [0.3, 0.4) is 0 Å². The Labute approximate surface area is 108 Å². The molecule has 0 bridgehead atoms. The van der Waals surface area contributed by atoms with E-state index in [-0.39, 0.29) is 10.4 Å². The van der Waals surface area contributed by atoms with Crippen LogP contribution in [0.25, 0.3) is 0 Å².